The van der Waals surface area contributed by atoms with Crippen molar-refractivity contribution in [3.63, 3.8) is 0 Å². The molecule has 5 nitrogen and oxygen atoms in total. The van der Waals surface area contributed by atoms with Crippen molar-refractivity contribution >= 4 is 0 Å². The van der Waals surface area contributed by atoms with Crippen LogP contribution in [0.4, 0.5) is 0 Å². The Morgan fingerprint density at radius 1 is 1.18 bits per heavy atom. The number of likely N-dealkylation sites (tertiary alicyclic amines) is 1. The fourth-order valence-electron chi connectivity index (χ4n) is 2.92. The molecule has 1 aromatic carbocycles. The Bertz CT molecular complexity index is 736. The Balaban J connectivity index is 1.35. The van der Waals surface area contributed by atoms with Crippen LogP contribution in [0.25, 0.3) is 5.69 Å². The molecule has 4 rings (SSSR count). The van der Waals surface area contributed by atoms with E-state index in [-0.39, 0.29) is 0 Å². The zero-order chi connectivity index (χ0) is 14.9. The second kappa shape index (κ2) is 5.42. The van der Waals surface area contributed by atoms with E-state index < -0.39 is 0 Å². The van der Waals surface area contributed by atoms with E-state index >= 15 is 0 Å². The minimum atomic E-state index is 0.527. The third kappa shape index (κ3) is 2.55. The molecule has 3 aromatic rings. The molecular formula is C17H19N5. The molecule has 0 radical (unpaired) electrons. The first-order chi connectivity index (χ1) is 10.8. The van der Waals surface area contributed by atoms with Crippen LogP contribution in [-0.2, 0) is 6.54 Å². The monoisotopic (exact) mass is 293 g/mol. The lowest BCUT2D eigenvalue weighted by molar-refractivity contribution is 0.0909. The van der Waals surface area contributed by atoms with E-state index in [0.29, 0.717) is 6.04 Å². The number of nitrogens with zero attached hydrogens (tertiary/aromatic N) is 5. The van der Waals surface area contributed by atoms with Gasteiger partial charge in [-0.2, -0.15) is 5.10 Å². The van der Waals surface area contributed by atoms with Crippen molar-refractivity contribution in [3.8, 4) is 5.69 Å². The Morgan fingerprint density at radius 3 is 2.64 bits per heavy atom. The van der Waals surface area contributed by atoms with Crippen LogP contribution in [-0.4, -0.2) is 37.3 Å². The molecule has 0 amide bonds. The first kappa shape index (κ1) is 13.3. The SMILES string of the molecule is Cc1cnn(C2CN(Cc3ccc(-n4ccnc4)cc3)C2)c1. The summed E-state index contributed by atoms with van der Waals surface area (Å²) in [6.07, 6.45) is 9.63. The van der Waals surface area contributed by atoms with Crippen LogP contribution >= 0.6 is 0 Å². The molecule has 5 heteroatoms. The quantitative estimate of drug-likeness (QED) is 0.741. The molecule has 0 saturated carbocycles. The van der Waals surface area contributed by atoms with Crippen molar-refractivity contribution < 1.29 is 0 Å². The van der Waals surface area contributed by atoms with Gasteiger partial charge in [0.1, 0.15) is 0 Å². The minimum Gasteiger partial charge on any atom is -0.306 e. The number of aryl methyl sites for hydroxylation is 1. The van der Waals surface area contributed by atoms with Crippen molar-refractivity contribution in [1.82, 2.24) is 24.2 Å². The normalized spacial score (nSPS) is 15.9. The van der Waals surface area contributed by atoms with Crippen LogP contribution < -0.4 is 0 Å². The van der Waals surface area contributed by atoms with E-state index in [1.807, 2.05) is 23.3 Å². The largest absolute Gasteiger partial charge is 0.306 e. The van der Waals surface area contributed by atoms with Gasteiger partial charge >= 0.3 is 0 Å². The van der Waals surface area contributed by atoms with E-state index in [2.05, 4.69) is 57.1 Å². The first-order valence-corrected chi connectivity index (χ1v) is 7.58. The van der Waals surface area contributed by atoms with Crippen LogP contribution in [0, 0.1) is 6.92 Å². The maximum atomic E-state index is 4.40. The smallest absolute Gasteiger partial charge is 0.0991 e. The standard InChI is InChI=1S/C17H19N5/c1-14-8-19-22(9-14)17-11-20(12-17)10-15-2-4-16(5-3-15)21-7-6-18-13-21/h2-9,13,17H,10-12H2,1H3. The molecule has 22 heavy (non-hydrogen) atoms. The predicted octanol–water partition coefficient (Wildman–Crippen LogP) is 2.43. The van der Waals surface area contributed by atoms with Gasteiger partial charge in [0.25, 0.3) is 0 Å². The summed E-state index contributed by atoms with van der Waals surface area (Å²) in [4.78, 5) is 6.53. The van der Waals surface area contributed by atoms with Crippen molar-refractivity contribution in [2.75, 3.05) is 13.1 Å². The number of hydrogen-bond donors (Lipinski definition) is 0. The Morgan fingerprint density at radius 2 is 2.00 bits per heavy atom. The van der Waals surface area contributed by atoms with Crippen LogP contribution in [0.1, 0.15) is 17.2 Å². The molecule has 1 aliphatic heterocycles. The summed E-state index contributed by atoms with van der Waals surface area (Å²) in [5.41, 5.74) is 3.72. The Labute approximate surface area is 129 Å². The van der Waals surface area contributed by atoms with Crippen molar-refractivity contribution in [1.29, 1.82) is 0 Å². The van der Waals surface area contributed by atoms with Crippen LogP contribution in [0.5, 0.6) is 0 Å². The predicted molar refractivity (Wildman–Crippen MR) is 84.8 cm³/mol. The molecule has 3 heterocycles. The lowest BCUT2D eigenvalue weighted by Gasteiger charge is -2.39. The van der Waals surface area contributed by atoms with Gasteiger partial charge in [-0.3, -0.25) is 9.58 Å². The van der Waals surface area contributed by atoms with Gasteiger partial charge in [0, 0.05) is 43.9 Å². The van der Waals surface area contributed by atoms with Crippen LogP contribution in [0.15, 0.2) is 55.4 Å². The number of hydrogen-bond acceptors (Lipinski definition) is 3. The highest BCUT2D eigenvalue weighted by Crippen LogP contribution is 2.23. The van der Waals surface area contributed by atoms with Crippen molar-refractivity contribution in [2.45, 2.75) is 19.5 Å². The highest BCUT2D eigenvalue weighted by Gasteiger charge is 2.28. The number of rotatable bonds is 4. The average Bonchev–Trinajstić information content (AvgIpc) is 3.14. The van der Waals surface area contributed by atoms with E-state index in [1.54, 1.807) is 6.20 Å². The van der Waals surface area contributed by atoms with Gasteiger partial charge in [-0.1, -0.05) is 12.1 Å². The lowest BCUT2D eigenvalue weighted by atomic mass is 10.1. The fourth-order valence-corrected chi connectivity index (χ4v) is 2.92. The van der Waals surface area contributed by atoms with Crippen LogP contribution in [0.3, 0.4) is 0 Å². The second-order valence-corrected chi connectivity index (χ2v) is 5.98. The van der Waals surface area contributed by atoms with Crippen LogP contribution in [0.2, 0.25) is 0 Å². The molecule has 0 N–H and O–H groups in total. The maximum Gasteiger partial charge on any atom is 0.0991 e. The molecule has 0 spiro atoms. The Kier molecular flexibility index (Phi) is 3.27. The average molecular weight is 293 g/mol. The lowest BCUT2D eigenvalue weighted by Crippen LogP contribution is -2.47. The van der Waals surface area contributed by atoms with E-state index in [4.69, 9.17) is 0 Å². The van der Waals surface area contributed by atoms with Gasteiger partial charge in [0.05, 0.1) is 18.6 Å². The zero-order valence-electron chi connectivity index (χ0n) is 12.6. The topological polar surface area (TPSA) is 38.9 Å². The van der Waals surface area contributed by atoms with E-state index in [1.165, 1.54) is 11.1 Å². The van der Waals surface area contributed by atoms with Gasteiger partial charge in [-0.25, -0.2) is 4.98 Å². The zero-order valence-corrected chi connectivity index (χ0v) is 12.6. The van der Waals surface area contributed by atoms with Gasteiger partial charge < -0.3 is 4.57 Å². The second-order valence-electron chi connectivity index (χ2n) is 5.98. The summed E-state index contributed by atoms with van der Waals surface area (Å²) in [6, 6.07) is 9.21. The van der Waals surface area contributed by atoms with Crippen molar-refractivity contribution in [2.24, 2.45) is 0 Å². The molecule has 0 bridgehead atoms. The maximum absolute atomic E-state index is 4.40. The third-order valence-electron chi connectivity index (χ3n) is 4.19. The first-order valence-electron chi connectivity index (χ1n) is 7.58. The summed E-state index contributed by atoms with van der Waals surface area (Å²) in [5, 5.41) is 4.40. The molecule has 112 valence electrons. The minimum absolute atomic E-state index is 0.527. The summed E-state index contributed by atoms with van der Waals surface area (Å²) in [7, 11) is 0. The highest BCUT2D eigenvalue weighted by molar-refractivity contribution is 5.34. The van der Waals surface area contributed by atoms with Crippen molar-refractivity contribution in [3.05, 3.63) is 66.5 Å². The van der Waals surface area contributed by atoms with Gasteiger partial charge in [0.15, 0.2) is 0 Å². The molecule has 0 unspecified atom stereocenters. The summed E-state index contributed by atoms with van der Waals surface area (Å²) in [5.74, 6) is 0. The Hall–Kier alpha value is -2.40. The number of benzene rings is 1. The fraction of sp³-hybridized carbons (Fsp3) is 0.294. The number of aromatic nitrogens is 4. The molecule has 1 saturated heterocycles. The van der Waals surface area contributed by atoms with Gasteiger partial charge in [-0.15, -0.1) is 0 Å². The van der Waals surface area contributed by atoms with Gasteiger partial charge in [-0.05, 0) is 30.2 Å². The molecule has 1 fully saturated rings. The molecule has 2 aromatic heterocycles. The molecule has 0 aliphatic carbocycles. The highest BCUT2D eigenvalue weighted by atomic mass is 15.4. The summed E-state index contributed by atoms with van der Waals surface area (Å²) in [6.45, 7) is 5.23. The third-order valence-corrected chi connectivity index (χ3v) is 4.19. The van der Waals surface area contributed by atoms with E-state index in [9.17, 15) is 0 Å². The summed E-state index contributed by atoms with van der Waals surface area (Å²) < 4.78 is 4.11. The van der Waals surface area contributed by atoms with Gasteiger partial charge in [0.2, 0.25) is 0 Å². The molecule has 1 aliphatic rings. The molecular weight excluding hydrogens is 274 g/mol. The number of imidazole rings is 1. The summed E-state index contributed by atoms with van der Waals surface area (Å²) >= 11 is 0. The van der Waals surface area contributed by atoms with E-state index in [0.717, 1.165) is 25.3 Å². The molecule has 0 atom stereocenters.